The predicted molar refractivity (Wildman–Crippen MR) is 77.9 cm³/mol. The minimum absolute atomic E-state index is 0.287. The van der Waals surface area contributed by atoms with Gasteiger partial charge in [0.25, 0.3) is 0 Å². The van der Waals surface area contributed by atoms with Crippen LogP contribution in [0.2, 0.25) is 0 Å². The molecule has 1 atom stereocenters. The van der Waals surface area contributed by atoms with Crippen LogP contribution < -0.4 is 0 Å². The molecule has 0 aliphatic carbocycles. The number of rotatable bonds is 6. The van der Waals surface area contributed by atoms with E-state index in [4.69, 9.17) is 15.3 Å². The number of benzene rings is 1. The third-order valence-electron chi connectivity index (χ3n) is 3.08. The van der Waals surface area contributed by atoms with Crippen LogP contribution in [0.3, 0.4) is 0 Å². The number of hydrogen-bond acceptors (Lipinski definition) is 4. The molecule has 0 saturated heterocycles. The lowest BCUT2D eigenvalue weighted by Crippen LogP contribution is -2.01. The topological polar surface area (TPSA) is 85.5 Å². The van der Waals surface area contributed by atoms with Crippen LogP contribution in [0.1, 0.15) is 30.7 Å². The summed E-state index contributed by atoms with van der Waals surface area (Å²) in [5.74, 6) is 0.441. The summed E-state index contributed by atoms with van der Waals surface area (Å²) in [5, 5.41) is 17.6. The summed E-state index contributed by atoms with van der Waals surface area (Å²) in [5.41, 5.74) is 2.46. The Morgan fingerprint density at radius 1 is 1.29 bits per heavy atom. The number of nitrogens with zero attached hydrogens (tertiary/aromatic N) is 3. The van der Waals surface area contributed by atoms with E-state index in [9.17, 15) is 0 Å². The van der Waals surface area contributed by atoms with E-state index in [-0.39, 0.29) is 5.92 Å². The highest BCUT2D eigenvalue weighted by molar-refractivity contribution is 5.56. The molecule has 1 aromatic carbocycles. The molecule has 0 radical (unpaired) electrons. The molecule has 0 amide bonds. The molecule has 5 heteroatoms. The standard InChI is InChI=1S/C16H16N4O/c1-12(10-18)15-14(11-21-9-5-8-17)19-16(20-15)13-6-3-2-4-7-13/h2-4,6-7,12H,5,9,11H2,1H3,(H,19,20). The first-order chi connectivity index (χ1) is 10.3. The Balaban J connectivity index is 2.24. The molecule has 1 heterocycles. The van der Waals surface area contributed by atoms with Crippen molar-refractivity contribution in [3.05, 3.63) is 41.7 Å². The van der Waals surface area contributed by atoms with E-state index in [1.54, 1.807) is 0 Å². The Kier molecular flexibility index (Phi) is 5.09. The van der Waals surface area contributed by atoms with E-state index < -0.39 is 0 Å². The molecular weight excluding hydrogens is 264 g/mol. The number of hydrogen-bond donors (Lipinski definition) is 1. The number of ether oxygens (including phenoxy) is 1. The van der Waals surface area contributed by atoms with Crippen molar-refractivity contribution in [1.29, 1.82) is 10.5 Å². The third-order valence-corrected chi connectivity index (χ3v) is 3.08. The summed E-state index contributed by atoms with van der Waals surface area (Å²) in [6.45, 7) is 2.48. The van der Waals surface area contributed by atoms with Gasteiger partial charge in [-0.1, -0.05) is 30.3 Å². The van der Waals surface area contributed by atoms with Gasteiger partial charge in [-0.2, -0.15) is 10.5 Å². The third kappa shape index (κ3) is 3.68. The van der Waals surface area contributed by atoms with Crippen molar-refractivity contribution >= 4 is 0 Å². The van der Waals surface area contributed by atoms with Crippen LogP contribution in [0.25, 0.3) is 11.4 Å². The van der Waals surface area contributed by atoms with Crippen LogP contribution in [-0.4, -0.2) is 16.6 Å². The van der Waals surface area contributed by atoms with Gasteiger partial charge in [-0.3, -0.25) is 0 Å². The zero-order chi connectivity index (χ0) is 15.1. The van der Waals surface area contributed by atoms with Gasteiger partial charge in [-0.15, -0.1) is 0 Å². The molecule has 0 aliphatic rings. The van der Waals surface area contributed by atoms with Gasteiger partial charge < -0.3 is 9.72 Å². The van der Waals surface area contributed by atoms with Gasteiger partial charge in [-0.05, 0) is 6.92 Å². The maximum Gasteiger partial charge on any atom is 0.137 e. The number of aromatic nitrogens is 2. The molecule has 0 fully saturated rings. The van der Waals surface area contributed by atoms with Crippen molar-refractivity contribution in [3.8, 4) is 23.5 Å². The Labute approximate surface area is 123 Å². The fourth-order valence-electron chi connectivity index (χ4n) is 1.97. The van der Waals surface area contributed by atoms with Crippen LogP contribution >= 0.6 is 0 Å². The molecule has 1 N–H and O–H groups in total. The van der Waals surface area contributed by atoms with Crippen LogP contribution in [0.5, 0.6) is 0 Å². The molecule has 0 bridgehead atoms. The van der Waals surface area contributed by atoms with Crippen LogP contribution in [0, 0.1) is 22.7 Å². The minimum atomic E-state index is -0.287. The molecular formula is C16H16N4O. The second-order valence-electron chi connectivity index (χ2n) is 4.62. The average molecular weight is 280 g/mol. The summed E-state index contributed by atoms with van der Waals surface area (Å²) in [7, 11) is 0. The maximum atomic E-state index is 9.12. The summed E-state index contributed by atoms with van der Waals surface area (Å²) in [4.78, 5) is 7.74. The Bertz CT molecular complexity index is 664. The first-order valence-electron chi connectivity index (χ1n) is 6.74. The van der Waals surface area contributed by atoms with E-state index in [1.165, 1.54) is 0 Å². The van der Waals surface area contributed by atoms with Crippen molar-refractivity contribution in [1.82, 2.24) is 9.97 Å². The van der Waals surface area contributed by atoms with Gasteiger partial charge in [-0.25, -0.2) is 4.98 Å². The molecule has 2 rings (SSSR count). The lowest BCUT2D eigenvalue weighted by molar-refractivity contribution is 0.123. The van der Waals surface area contributed by atoms with Gasteiger partial charge in [0.1, 0.15) is 5.82 Å². The summed E-state index contributed by atoms with van der Waals surface area (Å²) in [6.07, 6.45) is 0.346. The van der Waals surface area contributed by atoms with Gasteiger partial charge in [0, 0.05) is 5.56 Å². The highest BCUT2D eigenvalue weighted by Gasteiger charge is 2.16. The fourth-order valence-corrected chi connectivity index (χ4v) is 1.97. The van der Waals surface area contributed by atoms with Gasteiger partial charge >= 0.3 is 0 Å². The number of nitriles is 2. The maximum absolute atomic E-state index is 9.12. The van der Waals surface area contributed by atoms with Gasteiger partial charge in [0.2, 0.25) is 0 Å². The number of H-pyrrole nitrogens is 1. The Morgan fingerprint density at radius 2 is 2.05 bits per heavy atom. The SMILES string of the molecule is CC(C#N)c1[nH]c(-c2ccccc2)nc1COCCC#N. The molecule has 106 valence electrons. The first-order valence-corrected chi connectivity index (χ1v) is 6.74. The molecule has 0 saturated carbocycles. The van der Waals surface area contributed by atoms with Crippen LogP contribution in [0.15, 0.2) is 30.3 Å². The number of aromatic amines is 1. The van der Waals surface area contributed by atoms with Gasteiger partial charge in [0.05, 0.1) is 49.1 Å². The lowest BCUT2D eigenvalue weighted by Gasteiger charge is -2.03. The molecule has 1 aromatic heterocycles. The molecule has 0 spiro atoms. The van der Waals surface area contributed by atoms with Crippen LogP contribution in [-0.2, 0) is 11.3 Å². The van der Waals surface area contributed by atoms with E-state index in [0.29, 0.717) is 19.6 Å². The van der Waals surface area contributed by atoms with E-state index >= 15 is 0 Å². The fraction of sp³-hybridized carbons (Fsp3) is 0.312. The van der Waals surface area contributed by atoms with Crippen molar-refractivity contribution in [2.24, 2.45) is 0 Å². The van der Waals surface area contributed by atoms with Crippen molar-refractivity contribution in [2.75, 3.05) is 6.61 Å². The van der Waals surface area contributed by atoms with E-state index in [2.05, 4.69) is 16.0 Å². The Hall–Kier alpha value is -2.63. The zero-order valence-corrected chi connectivity index (χ0v) is 11.8. The van der Waals surface area contributed by atoms with E-state index in [1.807, 2.05) is 43.3 Å². The number of imidazole rings is 1. The molecule has 5 nitrogen and oxygen atoms in total. The molecule has 0 aliphatic heterocycles. The summed E-state index contributed by atoms with van der Waals surface area (Å²) in [6, 6.07) is 14.0. The largest absolute Gasteiger partial charge is 0.374 e. The second kappa shape index (κ2) is 7.23. The normalized spacial score (nSPS) is 11.6. The highest BCUT2D eigenvalue weighted by atomic mass is 16.5. The summed E-state index contributed by atoms with van der Waals surface area (Å²) >= 11 is 0. The quantitative estimate of drug-likeness (QED) is 0.824. The lowest BCUT2D eigenvalue weighted by atomic mass is 10.1. The van der Waals surface area contributed by atoms with E-state index in [0.717, 1.165) is 22.8 Å². The van der Waals surface area contributed by atoms with Crippen LogP contribution in [0.4, 0.5) is 0 Å². The second-order valence-corrected chi connectivity index (χ2v) is 4.62. The monoisotopic (exact) mass is 280 g/mol. The Morgan fingerprint density at radius 3 is 2.71 bits per heavy atom. The van der Waals surface area contributed by atoms with Crippen molar-refractivity contribution in [3.63, 3.8) is 0 Å². The number of nitrogens with one attached hydrogen (secondary N) is 1. The highest BCUT2D eigenvalue weighted by Crippen LogP contribution is 2.23. The van der Waals surface area contributed by atoms with Gasteiger partial charge in [0.15, 0.2) is 0 Å². The minimum Gasteiger partial charge on any atom is -0.374 e. The first kappa shape index (κ1) is 14.8. The average Bonchev–Trinajstić information content (AvgIpc) is 2.96. The molecule has 21 heavy (non-hydrogen) atoms. The predicted octanol–water partition coefficient (Wildman–Crippen LogP) is 3.13. The summed E-state index contributed by atoms with van der Waals surface area (Å²) < 4.78 is 5.43. The van der Waals surface area contributed by atoms with Crippen molar-refractivity contribution in [2.45, 2.75) is 25.9 Å². The molecule has 1 unspecified atom stereocenters. The van der Waals surface area contributed by atoms with Crippen molar-refractivity contribution < 1.29 is 4.74 Å². The molecule has 2 aromatic rings. The smallest absolute Gasteiger partial charge is 0.137 e. The zero-order valence-electron chi connectivity index (χ0n) is 11.8.